The van der Waals surface area contributed by atoms with Crippen LogP contribution in [-0.2, 0) is 0 Å². The van der Waals surface area contributed by atoms with Crippen LogP contribution in [0.15, 0.2) is 46.3 Å². The van der Waals surface area contributed by atoms with Crippen LogP contribution in [0.2, 0.25) is 0 Å². The van der Waals surface area contributed by atoms with Gasteiger partial charge in [-0.2, -0.15) is 0 Å². The molecule has 0 aliphatic heterocycles. The fourth-order valence-electron chi connectivity index (χ4n) is 1.28. The Balaban J connectivity index is 2.27. The molecule has 17 heavy (non-hydrogen) atoms. The molecule has 2 rings (SSSR count). The van der Waals surface area contributed by atoms with Crippen LogP contribution in [0.25, 0.3) is 0 Å². The van der Waals surface area contributed by atoms with E-state index in [0.29, 0.717) is 10.8 Å². The molecule has 0 aliphatic carbocycles. The Morgan fingerprint density at radius 2 is 2.00 bits per heavy atom. The average Bonchev–Trinajstić information content (AvgIpc) is 2.34. The van der Waals surface area contributed by atoms with Crippen LogP contribution in [0.4, 0.5) is 14.6 Å². The van der Waals surface area contributed by atoms with Crippen LogP contribution in [0.5, 0.6) is 0 Å². The molecule has 0 fully saturated rings. The van der Waals surface area contributed by atoms with E-state index >= 15 is 0 Å². The first-order valence-corrected chi connectivity index (χ1v) is 5.78. The van der Waals surface area contributed by atoms with E-state index in [2.05, 4.69) is 10.3 Å². The number of anilines is 1. The van der Waals surface area contributed by atoms with Gasteiger partial charge >= 0.3 is 0 Å². The Bertz CT molecular complexity index is 532. The highest BCUT2D eigenvalue weighted by molar-refractivity contribution is 7.99. The van der Waals surface area contributed by atoms with Crippen molar-refractivity contribution in [1.29, 1.82) is 0 Å². The summed E-state index contributed by atoms with van der Waals surface area (Å²) in [6, 6.07) is 8.71. The Morgan fingerprint density at radius 3 is 2.76 bits per heavy atom. The molecular weight excluding hydrogens is 242 g/mol. The van der Waals surface area contributed by atoms with Crippen LogP contribution < -0.4 is 5.32 Å². The normalized spacial score (nSPS) is 10.3. The maximum Gasteiger partial charge on any atom is 0.137 e. The van der Waals surface area contributed by atoms with Crippen LogP contribution >= 0.6 is 11.8 Å². The summed E-state index contributed by atoms with van der Waals surface area (Å²) in [5, 5.41) is 3.50. The van der Waals surface area contributed by atoms with E-state index in [1.807, 2.05) is 0 Å². The standard InChI is InChI=1S/C12H10F2N2S/c1-15-11-3-2-4-12(16-11)17-10-7-8(13)5-6-9(10)14/h2-7H,1H3,(H,15,16). The van der Waals surface area contributed by atoms with Crippen molar-refractivity contribution < 1.29 is 8.78 Å². The molecule has 88 valence electrons. The number of halogens is 2. The molecule has 0 spiro atoms. The Hall–Kier alpha value is -1.62. The van der Waals surface area contributed by atoms with Crippen molar-refractivity contribution in [1.82, 2.24) is 4.98 Å². The van der Waals surface area contributed by atoms with Crippen molar-refractivity contribution in [3.8, 4) is 0 Å². The van der Waals surface area contributed by atoms with Gasteiger partial charge in [-0.05, 0) is 30.3 Å². The van der Waals surface area contributed by atoms with E-state index in [4.69, 9.17) is 0 Å². The highest BCUT2D eigenvalue weighted by atomic mass is 32.2. The molecule has 1 aromatic carbocycles. The first-order valence-electron chi connectivity index (χ1n) is 4.97. The summed E-state index contributed by atoms with van der Waals surface area (Å²) in [6.45, 7) is 0. The van der Waals surface area contributed by atoms with Gasteiger partial charge in [0.05, 0.1) is 4.90 Å². The highest BCUT2D eigenvalue weighted by Crippen LogP contribution is 2.29. The molecule has 0 saturated carbocycles. The summed E-state index contributed by atoms with van der Waals surface area (Å²) in [7, 11) is 1.75. The van der Waals surface area contributed by atoms with Crippen molar-refractivity contribution in [2.75, 3.05) is 12.4 Å². The molecule has 2 aromatic rings. The maximum absolute atomic E-state index is 13.4. The lowest BCUT2D eigenvalue weighted by molar-refractivity contribution is 0.577. The van der Waals surface area contributed by atoms with Crippen LogP contribution in [0.3, 0.4) is 0 Å². The van der Waals surface area contributed by atoms with Gasteiger partial charge in [-0.3, -0.25) is 0 Å². The van der Waals surface area contributed by atoms with Crippen molar-refractivity contribution in [2.24, 2.45) is 0 Å². The zero-order valence-corrected chi connectivity index (χ0v) is 9.89. The van der Waals surface area contributed by atoms with Crippen LogP contribution in [-0.4, -0.2) is 12.0 Å². The molecular formula is C12H10F2N2S. The second-order valence-corrected chi connectivity index (χ2v) is 4.35. The van der Waals surface area contributed by atoms with E-state index in [0.717, 1.165) is 30.0 Å². The minimum absolute atomic E-state index is 0.228. The summed E-state index contributed by atoms with van der Waals surface area (Å²) < 4.78 is 26.4. The number of rotatable bonds is 3. The summed E-state index contributed by atoms with van der Waals surface area (Å²) in [4.78, 5) is 4.45. The first-order chi connectivity index (χ1) is 8.19. The number of pyridine rings is 1. The number of benzene rings is 1. The molecule has 0 aliphatic rings. The zero-order chi connectivity index (χ0) is 12.3. The van der Waals surface area contributed by atoms with Gasteiger partial charge in [0.15, 0.2) is 0 Å². The molecule has 0 amide bonds. The van der Waals surface area contributed by atoms with Gasteiger partial charge in [0.1, 0.15) is 22.5 Å². The molecule has 0 unspecified atom stereocenters. The lowest BCUT2D eigenvalue weighted by Crippen LogP contribution is -1.92. The largest absolute Gasteiger partial charge is 0.373 e. The number of hydrogen-bond donors (Lipinski definition) is 1. The molecule has 1 N–H and O–H groups in total. The minimum Gasteiger partial charge on any atom is -0.373 e. The van der Waals surface area contributed by atoms with Crippen molar-refractivity contribution in [3.05, 3.63) is 48.0 Å². The molecule has 1 aromatic heterocycles. The first kappa shape index (κ1) is 11.9. The highest BCUT2D eigenvalue weighted by Gasteiger charge is 2.07. The lowest BCUT2D eigenvalue weighted by atomic mass is 10.3. The summed E-state index contributed by atoms with van der Waals surface area (Å²) >= 11 is 1.09. The topological polar surface area (TPSA) is 24.9 Å². The van der Waals surface area contributed by atoms with E-state index in [1.54, 1.807) is 25.2 Å². The SMILES string of the molecule is CNc1cccc(Sc2cc(F)ccc2F)n1. The van der Waals surface area contributed by atoms with E-state index in [-0.39, 0.29) is 4.90 Å². The van der Waals surface area contributed by atoms with E-state index < -0.39 is 11.6 Å². The quantitative estimate of drug-likeness (QED) is 0.904. The molecule has 2 nitrogen and oxygen atoms in total. The summed E-state index contributed by atoms with van der Waals surface area (Å²) in [5.41, 5.74) is 0. The fourth-order valence-corrected chi connectivity index (χ4v) is 2.13. The van der Waals surface area contributed by atoms with Crippen molar-refractivity contribution in [2.45, 2.75) is 9.92 Å². The number of hydrogen-bond acceptors (Lipinski definition) is 3. The van der Waals surface area contributed by atoms with Gasteiger partial charge in [-0.25, -0.2) is 13.8 Å². The summed E-state index contributed by atoms with van der Waals surface area (Å²) in [6.07, 6.45) is 0. The molecule has 0 radical (unpaired) electrons. The molecule has 5 heteroatoms. The minimum atomic E-state index is -0.460. The monoisotopic (exact) mass is 252 g/mol. The van der Waals surface area contributed by atoms with Crippen LogP contribution in [0, 0.1) is 11.6 Å². The van der Waals surface area contributed by atoms with Gasteiger partial charge < -0.3 is 5.32 Å². The Morgan fingerprint density at radius 1 is 1.18 bits per heavy atom. The fraction of sp³-hybridized carbons (Fsp3) is 0.0833. The van der Waals surface area contributed by atoms with Crippen molar-refractivity contribution >= 4 is 17.6 Å². The van der Waals surface area contributed by atoms with Gasteiger partial charge in [0.2, 0.25) is 0 Å². The second-order valence-electron chi connectivity index (χ2n) is 3.29. The van der Waals surface area contributed by atoms with Gasteiger partial charge in [0, 0.05) is 7.05 Å². The Kier molecular flexibility index (Phi) is 3.58. The molecule has 0 atom stereocenters. The predicted octanol–water partition coefficient (Wildman–Crippen LogP) is 3.55. The Labute approximate surface area is 102 Å². The number of nitrogens with zero attached hydrogens (tertiary/aromatic N) is 1. The predicted molar refractivity (Wildman–Crippen MR) is 64.3 cm³/mol. The summed E-state index contributed by atoms with van der Waals surface area (Å²) in [5.74, 6) is -0.224. The van der Waals surface area contributed by atoms with E-state index in [9.17, 15) is 8.78 Å². The molecule has 0 saturated heterocycles. The second kappa shape index (κ2) is 5.14. The van der Waals surface area contributed by atoms with Crippen LogP contribution in [0.1, 0.15) is 0 Å². The molecule has 1 heterocycles. The number of aromatic nitrogens is 1. The van der Waals surface area contributed by atoms with Gasteiger partial charge in [0.25, 0.3) is 0 Å². The van der Waals surface area contributed by atoms with Crippen molar-refractivity contribution in [3.63, 3.8) is 0 Å². The number of nitrogens with one attached hydrogen (secondary N) is 1. The maximum atomic E-state index is 13.4. The van der Waals surface area contributed by atoms with Gasteiger partial charge in [-0.15, -0.1) is 0 Å². The lowest BCUT2D eigenvalue weighted by Gasteiger charge is -2.04. The third kappa shape index (κ3) is 2.94. The van der Waals surface area contributed by atoms with E-state index in [1.165, 1.54) is 0 Å². The average molecular weight is 252 g/mol. The smallest absolute Gasteiger partial charge is 0.137 e. The zero-order valence-electron chi connectivity index (χ0n) is 9.08. The molecule has 0 bridgehead atoms. The third-order valence-corrected chi connectivity index (χ3v) is 3.06. The van der Waals surface area contributed by atoms with Gasteiger partial charge in [-0.1, -0.05) is 17.8 Å². The third-order valence-electron chi connectivity index (χ3n) is 2.09.